The fourth-order valence-corrected chi connectivity index (χ4v) is 2.88. The largest absolute Gasteiger partial charge is 0.338 e. The molecule has 82 valence electrons. The van der Waals surface area contributed by atoms with Crippen LogP contribution in [-0.4, -0.2) is 40.3 Å². The number of carbonyl (C=O) groups excluding carboxylic acids is 1. The second-order valence-corrected chi connectivity index (χ2v) is 5.56. The summed E-state index contributed by atoms with van der Waals surface area (Å²) >= 11 is 7.53. The van der Waals surface area contributed by atoms with Crippen LogP contribution in [0.4, 0.5) is 0 Å². The van der Waals surface area contributed by atoms with E-state index >= 15 is 0 Å². The van der Waals surface area contributed by atoms with Crippen LogP contribution in [0.5, 0.6) is 0 Å². The third-order valence-electron chi connectivity index (χ3n) is 2.73. The molecule has 0 radical (unpaired) electrons. The molecule has 4 heteroatoms. The van der Waals surface area contributed by atoms with E-state index in [1.807, 2.05) is 16.7 Å². The van der Waals surface area contributed by atoms with E-state index in [1.54, 1.807) is 0 Å². The molecule has 0 aromatic heterocycles. The number of nitrogens with zero attached hydrogens (tertiary/aromatic N) is 1. The molecule has 0 aromatic rings. The summed E-state index contributed by atoms with van der Waals surface area (Å²) in [5.74, 6) is 1.92. The van der Waals surface area contributed by atoms with Gasteiger partial charge in [0, 0.05) is 35.9 Å². The Bertz CT molecular complexity index is 201. The standard InChI is InChI=1S/C10H18ClNOS/c1-8-9(2)14-7-6-12(8)10(13)4-3-5-11/h8-9H,3-7H2,1-2H3. The Kier molecular flexibility index (Phi) is 5.10. The highest BCUT2D eigenvalue weighted by molar-refractivity contribution is 8.00. The van der Waals surface area contributed by atoms with Crippen LogP contribution in [0.3, 0.4) is 0 Å². The Balaban J connectivity index is 2.44. The van der Waals surface area contributed by atoms with Crippen molar-refractivity contribution < 1.29 is 4.79 Å². The number of rotatable bonds is 3. The van der Waals surface area contributed by atoms with E-state index in [1.165, 1.54) is 0 Å². The van der Waals surface area contributed by atoms with Crippen LogP contribution in [0.2, 0.25) is 0 Å². The van der Waals surface area contributed by atoms with Crippen LogP contribution in [0.25, 0.3) is 0 Å². The molecule has 0 saturated carbocycles. The van der Waals surface area contributed by atoms with Crippen molar-refractivity contribution in [2.24, 2.45) is 0 Å². The number of alkyl halides is 1. The Hall–Kier alpha value is 0.110. The Labute approximate surface area is 95.4 Å². The highest BCUT2D eigenvalue weighted by Crippen LogP contribution is 2.24. The smallest absolute Gasteiger partial charge is 0.222 e. The molecule has 0 spiro atoms. The van der Waals surface area contributed by atoms with Gasteiger partial charge in [-0.3, -0.25) is 4.79 Å². The van der Waals surface area contributed by atoms with Crippen molar-refractivity contribution in [3.8, 4) is 0 Å². The quantitative estimate of drug-likeness (QED) is 0.700. The van der Waals surface area contributed by atoms with Gasteiger partial charge in [0.1, 0.15) is 0 Å². The molecule has 1 heterocycles. The Morgan fingerprint density at radius 1 is 1.57 bits per heavy atom. The van der Waals surface area contributed by atoms with Crippen LogP contribution in [0.1, 0.15) is 26.7 Å². The molecular weight excluding hydrogens is 218 g/mol. The van der Waals surface area contributed by atoms with Gasteiger partial charge in [-0.25, -0.2) is 0 Å². The number of carbonyl (C=O) groups is 1. The zero-order chi connectivity index (χ0) is 10.6. The summed E-state index contributed by atoms with van der Waals surface area (Å²) in [6, 6.07) is 0.372. The minimum atomic E-state index is 0.269. The third-order valence-corrected chi connectivity index (χ3v) is 4.33. The van der Waals surface area contributed by atoms with Gasteiger partial charge in [-0.15, -0.1) is 11.6 Å². The number of amides is 1. The minimum Gasteiger partial charge on any atom is -0.338 e. The van der Waals surface area contributed by atoms with Crippen molar-refractivity contribution in [1.82, 2.24) is 4.90 Å². The summed E-state index contributed by atoms with van der Waals surface area (Å²) in [4.78, 5) is 13.8. The zero-order valence-electron chi connectivity index (χ0n) is 8.83. The van der Waals surface area contributed by atoms with Gasteiger partial charge in [-0.05, 0) is 13.3 Å². The lowest BCUT2D eigenvalue weighted by Gasteiger charge is -2.37. The van der Waals surface area contributed by atoms with Crippen molar-refractivity contribution in [1.29, 1.82) is 0 Å². The average molecular weight is 236 g/mol. The molecule has 1 aliphatic rings. The van der Waals surface area contributed by atoms with Crippen LogP contribution >= 0.6 is 23.4 Å². The van der Waals surface area contributed by atoms with E-state index in [-0.39, 0.29) is 5.91 Å². The SMILES string of the molecule is CC1SCCN(C(=O)CCCCl)C1C. The first kappa shape index (κ1) is 12.2. The first-order chi connectivity index (χ1) is 6.66. The second kappa shape index (κ2) is 5.86. The van der Waals surface area contributed by atoms with Crippen LogP contribution in [0.15, 0.2) is 0 Å². The van der Waals surface area contributed by atoms with Gasteiger partial charge >= 0.3 is 0 Å². The predicted molar refractivity (Wildman–Crippen MR) is 63.0 cm³/mol. The van der Waals surface area contributed by atoms with Gasteiger partial charge in [0.05, 0.1) is 0 Å². The maximum atomic E-state index is 11.8. The molecule has 0 aliphatic carbocycles. The number of thioether (sulfide) groups is 1. The molecule has 1 fully saturated rings. The Morgan fingerprint density at radius 3 is 2.93 bits per heavy atom. The summed E-state index contributed by atoms with van der Waals surface area (Å²) < 4.78 is 0. The van der Waals surface area contributed by atoms with E-state index < -0.39 is 0 Å². The highest BCUT2D eigenvalue weighted by atomic mass is 35.5. The molecule has 2 unspecified atom stereocenters. The van der Waals surface area contributed by atoms with Gasteiger partial charge < -0.3 is 4.90 Å². The topological polar surface area (TPSA) is 20.3 Å². The van der Waals surface area contributed by atoms with E-state index in [0.29, 0.717) is 23.6 Å². The van der Waals surface area contributed by atoms with Crippen LogP contribution in [-0.2, 0) is 4.79 Å². The van der Waals surface area contributed by atoms with Gasteiger partial charge in [0.25, 0.3) is 0 Å². The molecule has 0 bridgehead atoms. The summed E-state index contributed by atoms with van der Waals surface area (Å²) in [5.41, 5.74) is 0. The summed E-state index contributed by atoms with van der Waals surface area (Å²) in [6.45, 7) is 5.23. The molecule has 0 N–H and O–H groups in total. The number of hydrogen-bond donors (Lipinski definition) is 0. The van der Waals surface area contributed by atoms with Crippen molar-refractivity contribution in [2.75, 3.05) is 18.2 Å². The lowest BCUT2D eigenvalue weighted by molar-refractivity contribution is -0.133. The lowest BCUT2D eigenvalue weighted by Crippen LogP contribution is -2.47. The minimum absolute atomic E-state index is 0.269. The molecule has 2 nitrogen and oxygen atoms in total. The molecule has 14 heavy (non-hydrogen) atoms. The molecule has 1 amide bonds. The maximum Gasteiger partial charge on any atom is 0.222 e. The molecule has 1 saturated heterocycles. The highest BCUT2D eigenvalue weighted by Gasteiger charge is 2.28. The zero-order valence-corrected chi connectivity index (χ0v) is 10.4. The van der Waals surface area contributed by atoms with Crippen LogP contribution in [0, 0.1) is 0 Å². The van der Waals surface area contributed by atoms with Gasteiger partial charge in [-0.1, -0.05) is 6.92 Å². The monoisotopic (exact) mass is 235 g/mol. The molecule has 1 rings (SSSR count). The normalized spacial score (nSPS) is 27.8. The number of hydrogen-bond acceptors (Lipinski definition) is 2. The lowest BCUT2D eigenvalue weighted by atomic mass is 10.2. The van der Waals surface area contributed by atoms with E-state index in [4.69, 9.17) is 11.6 Å². The average Bonchev–Trinajstić information content (AvgIpc) is 2.18. The summed E-state index contributed by atoms with van der Waals surface area (Å²) in [6.07, 6.45) is 1.40. The molecular formula is C10H18ClNOS. The maximum absolute atomic E-state index is 11.8. The van der Waals surface area contributed by atoms with E-state index in [2.05, 4.69) is 13.8 Å². The van der Waals surface area contributed by atoms with Crippen molar-refractivity contribution in [3.63, 3.8) is 0 Å². The van der Waals surface area contributed by atoms with Gasteiger partial charge in [-0.2, -0.15) is 11.8 Å². The first-order valence-electron chi connectivity index (χ1n) is 5.14. The number of halogens is 1. The van der Waals surface area contributed by atoms with Crippen molar-refractivity contribution >= 4 is 29.3 Å². The fraction of sp³-hybridized carbons (Fsp3) is 0.900. The predicted octanol–water partition coefficient (Wildman–Crippen LogP) is 2.36. The molecule has 2 atom stereocenters. The summed E-state index contributed by atoms with van der Waals surface area (Å²) in [7, 11) is 0. The van der Waals surface area contributed by atoms with Crippen molar-refractivity contribution in [3.05, 3.63) is 0 Å². The van der Waals surface area contributed by atoms with E-state index in [0.717, 1.165) is 18.7 Å². The van der Waals surface area contributed by atoms with Crippen molar-refractivity contribution in [2.45, 2.75) is 38.0 Å². The molecule has 0 aromatic carbocycles. The second-order valence-electron chi connectivity index (χ2n) is 3.70. The fourth-order valence-electron chi connectivity index (χ4n) is 1.65. The summed E-state index contributed by atoms with van der Waals surface area (Å²) in [5, 5.41) is 0.559. The van der Waals surface area contributed by atoms with Gasteiger partial charge in [0.15, 0.2) is 0 Å². The van der Waals surface area contributed by atoms with E-state index in [9.17, 15) is 4.79 Å². The Morgan fingerprint density at radius 2 is 2.29 bits per heavy atom. The van der Waals surface area contributed by atoms with Crippen LogP contribution < -0.4 is 0 Å². The van der Waals surface area contributed by atoms with Gasteiger partial charge in [0.2, 0.25) is 5.91 Å². The molecule has 1 aliphatic heterocycles. The first-order valence-corrected chi connectivity index (χ1v) is 6.72. The third kappa shape index (κ3) is 3.06.